The normalized spacial score (nSPS) is 14.4. The number of rotatable bonds is 6. The first-order valence-corrected chi connectivity index (χ1v) is 9.96. The molecule has 1 aliphatic heterocycles. The minimum absolute atomic E-state index is 0.0285. The Morgan fingerprint density at radius 2 is 1.86 bits per heavy atom. The molecule has 2 aromatic carbocycles. The van der Waals surface area contributed by atoms with Crippen LogP contribution in [-0.4, -0.2) is 44.0 Å². The van der Waals surface area contributed by atoms with Crippen LogP contribution >= 0.6 is 11.6 Å². The van der Waals surface area contributed by atoms with Gasteiger partial charge in [0.2, 0.25) is 5.91 Å². The highest BCUT2D eigenvalue weighted by molar-refractivity contribution is 6.31. The number of ether oxygens (including phenoxy) is 2. The largest absolute Gasteiger partial charge is 0.493 e. The number of carbonyl (C=O) groups is 2. The Labute approximate surface area is 175 Å². The molecule has 1 aliphatic rings. The zero-order valence-corrected chi connectivity index (χ0v) is 17.4. The Balaban J connectivity index is 1.66. The molecule has 7 heteroatoms. The van der Waals surface area contributed by atoms with Crippen LogP contribution in [0, 0.1) is 5.92 Å². The van der Waals surface area contributed by atoms with Crippen molar-refractivity contribution in [2.45, 2.75) is 19.4 Å². The highest BCUT2D eigenvalue weighted by atomic mass is 35.5. The van der Waals surface area contributed by atoms with Crippen molar-refractivity contribution < 1.29 is 19.1 Å². The monoisotopic (exact) mass is 416 g/mol. The van der Waals surface area contributed by atoms with Crippen molar-refractivity contribution in [1.29, 1.82) is 0 Å². The molecular weight excluding hydrogens is 392 g/mol. The minimum atomic E-state index is -0.0729. The molecule has 1 saturated heterocycles. The van der Waals surface area contributed by atoms with Gasteiger partial charge in [0, 0.05) is 42.2 Å². The summed E-state index contributed by atoms with van der Waals surface area (Å²) in [6, 6.07) is 12.6. The van der Waals surface area contributed by atoms with Gasteiger partial charge in [-0.2, -0.15) is 0 Å². The molecular formula is C22H25ClN2O4. The standard InChI is InChI=1S/C22H25ClN2O4/c1-24-21(26)15-9-11-25(12-10-15)22(27)16-7-8-19(20(13-16)28-2)29-14-17-5-3-4-6-18(17)23/h3-8,13,15H,9-12,14H2,1-2H3,(H,24,26). The van der Waals surface area contributed by atoms with E-state index >= 15 is 0 Å². The van der Waals surface area contributed by atoms with Gasteiger partial charge in [-0.05, 0) is 37.1 Å². The molecule has 6 nitrogen and oxygen atoms in total. The first kappa shape index (κ1) is 21.0. The van der Waals surface area contributed by atoms with Gasteiger partial charge in [0.15, 0.2) is 11.5 Å². The van der Waals surface area contributed by atoms with Gasteiger partial charge in [-0.1, -0.05) is 29.8 Å². The van der Waals surface area contributed by atoms with Gasteiger partial charge in [-0.25, -0.2) is 0 Å². The smallest absolute Gasteiger partial charge is 0.253 e. The third kappa shape index (κ3) is 5.01. The molecule has 1 N–H and O–H groups in total. The second-order valence-corrected chi connectivity index (χ2v) is 7.33. The van der Waals surface area contributed by atoms with Crippen molar-refractivity contribution in [3.63, 3.8) is 0 Å². The highest BCUT2D eigenvalue weighted by Gasteiger charge is 2.27. The molecule has 1 heterocycles. The maximum absolute atomic E-state index is 12.9. The van der Waals surface area contributed by atoms with Crippen LogP contribution in [0.15, 0.2) is 42.5 Å². The van der Waals surface area contributed by atoms with E-state index in [1.165, 1.54) is 0 Å². The predicted octanol–water partition coefficient (Wildman–Crippen LogP) is 3.53. The van der Waals surface area contributed by atoms with Gasteiger partial charge in [-0.3, -0.25) is 9.59 Å². The summed E-state index contributed by atoms with van der Waals surface area (Å²) >= 11 is 6.17. The molecule has 29 heavy (non-hydrogen) atoms. The summed E-state index contributed by atoms with van der Waals surface area (Å²) in [4.78, 5) is 26.4. The van der Waals surface area contributed by atoms with E-state index in [9.17, 15) is 9.59 Å². The predicted molar refractivity (Wildman–Crippen MR) is 111 cm³/mol. The summed E-state index contributed by atoms with van der Waals surface area (Å²) < 4.78 is 11.3. The van der Waals surface area contributed by atoms with Crippen LogP contribution in [0.3, 0.4) is 0 Å². The number of amides is 2. The molecule has 0 aromatic heterocycles. The van der Waals surface area contributed by atoms with Gasteiger partial charge >= 0.3 is 0 Å². The van der Waals surface area contributed by atoms with Gasteiger partial charge in [0.1, 0.15) is 6.61 Å². The molecule has 0 spiro atoms. The lowest BCUT2D eigenvalue weighted by molar-refractivity contribution is -0.125. The summed E-state index contributed by atoms with van der Waals surface area (Å²) in [7, 11) is 3.18. The fourth-order valence-corrected chi connectivity index (χ4v) is 3.61. The van der Waals surface area contributed by atoms with Crippen LogP contribution in [0.5, 0.6) is 11.5 Å². The first-order valence-electron chi connectivity index (χ1n) is 9.58. The lowest BCUT2D eigenvalue weighted by Gasteiger charge is -2.31. The van der Waals surface area contributed by atoms with E-state index in [1.807, 2.05) is 24.3 Å². The van der Waals surface area contributed by atoms with E-state index < -0.39 is 0 Å². The molecule has 1 fully saturated rings. The zero-order chi connectivity index (χ0) is 20.8. The second kappa shape index (κ2) is 9.65. The number of halogens is 1. The number of carbonyl (C=O) groups excluding carboxylic acids is 2. The number of benzene rings is 2. The Bertz CT molecular complexity index is 879. The van der Waals surface area contributed by atoms with Crippen LogP contribution < -0.4 is 14.8 Å². The molecule has 2 amide bonds. The topological polar surface area (TPSA) is 67.9 Å². The average Bonchev–Trinajstić information content (AvgIpc) is 2.77. The quantitative estimate of drug-likeness (QED) is 0.782. The van der Waals surface area contributed by atoms with Crippen LogP contribution in [0.25, 0.3) is 0 Å². The average molecular weight is 417 g/mol. The number of nitrogens with zero attached hydrogens (tertiary/aromatic N) is 1. The molecule has 0 atom stereocenters. The number of nitrogens with one attached hydrogen (secondary N) is 1. The van der Waals surface area contributed by atoms with Gasteiger partial charge < -0.3 is 19.7 Å². The van der Waals surface area contributed by atoms with Crippen molar-refractivity contribution in [3.8, 4) is 11.5 Å². The fourth-order valence-electron chi connectivity index (χ4n) is 3.42. The van der Waals surface area contributed by atoms with E-state index in [2.05, 4.69) is 5.32 Å². The Morgan fingerprint density at radius 3 is 2.52 bits per heavy atom. The first-order chi connectivity index (χ1) is 14.0. The third-order valence-electron chi connectivity index (χ3n) is 5.15. The van der Waals surface area contributed by atoms with E-state index in [0.29, 0.717) is 54.6 Å². The fraction of sp³-hybridized carbons (Fsp3) is 0.364. The van der Waals surface area contributed by atoms with Crippen molar-refractivity contribution >= 4 is 23.4 Å². The molecule has 154 valence electrons. The summed E-state index contributed by atoms with van der Waals surface area (Å²) in [6.07, 6.45) is 1.34. The maximum atomic E-state index is 12.9. The minimum Gasteiger partial charge on any atom is -0.493 e. The second-order valence-electron chi connectivity index (χ2n) is 6.93. The van der Waals surface area contributed by atoms with E-state index in [4.69, 9.17) is 21.1 Å². The zero-order valence-electron chi connectivity index (χ0n) is 16.6. The van der Waals surface area contributed by atoms with Crippen LogP contribution in [0.2, 0.25) is 5.02 Å². The number of hydrogen-bond acceptors (Lipinski definition) is 4. The van der Waals surface area contributed by atoms with Gasteiger partial charge in [0.05, 0.1) is 7.11 Å². The highest BCUT2D eigenvalue weighted by Crippen LogP contribution is 2.30. The molecule has 0 unspecified atom stereocenters. The molecule has 0 radical (unpaired) electrons. The van der Waals surface area contributed by atoms with Crippen molar-refractivity contribution in [3.05, 3.63) is 58.6 Å². The van der Waals surface area contributed by atoms with Crippen LogP contribution in [0.4, 0.5) is 0 Å². The van der Waals surface area contributed by atoms with Crippen LogP contribution in [-0.2, 0) is 11.4 Å². The lowest BCUT2D eigenvalue weighted by atomic mass is 9.95. The SMILES string of the molecule is CNC(=O)C1CCN(C(=O)c2ccc(OCc3ccccc3Cl)c(OC)c2)CC1. The summed E-state index contributed by atoms with van der Waals surface area (Å²) in [6.45, 7) is 1.42. The van der Waals surface area contributed by atoms with E-state index in [1.54, 1.807) is 37.3 Å². The van der Waals surface area contributed by atoms with E-state index in [-0.39, 0.29) is 17.7 Å². The van der Waals surface area contributed by atoms with Crippen molar-refractivity contribution in [2.24, 2.45) is 5.92 Å². The Hall–Kier alpha value is -2.73. The maximum Gasteiger partial charge on any atom is 0.253 e. The van der Waals surface area contributed by atoms with Crippen LogP contribution in [0.1, 0.15) is 28.8 Å². The number of likely N-dealkylation sites (tertiary alicyclic amines) is 1. The third-order valence-corrected chi connectivity index (χ3v) is 5.52. The number of piperidine rings is 1. The van der Waals surface area contributed by atoms with Gasteiger partial charge in [0.25, 0.3) is 5.91 Å². The molecule has 0 aliphatic carbocycles. The summed E-state index contributed by atoms with van der Waals surface area (Å²) in [5.41, 5.74) is 1.40. The molecule has 3 rings (SSSR count). The van der Waals surface area contributed by atoms with Crippen molar-refractivity contribution in [1.82, 2.24) is 10.2 Å². The Kier molecular flexibility index (Phi) is 6.99. The number of hydrogen-bond donors (Lipinski definition) is 1. The summed E-state index contributed by atoms with van der Waals surface area (Å²) in [5.74, 6) is 0.972. The Morgan fingerprint density at radius 1 is 1.14 bits per heavy atom. The molecule has 0 bridgehead atoms. The summed E-state index contributed by atoms with van der Waals surface area (Å²) in [5, 5.41) is 3.32. The number of methoxy groups -OCH3 is 1. The molecule has 0 saturated carbocycles. The molecule has 2 aromatic rings. The lowest BCUT2D eigenvalue weighted by Crippen LogP contribution is -2.42. The van der Waals surface area contributed by atoms with E-state index in [0.717, 1.165) is 5.56 Å². The van der Waals surface area contributed by atoms with Gasteiger partial charge in [-0.15, -0.1) is 0 Å². The van der Waals surface area contributed by atoms with Crippen molar-refractivity contribution in [2.75, 3.05) is 27.2 Å².